The Morgan fingerprint density at radius 2 is 1.73 bits per heavy atom. The van der Waals surface area contributed by atoms with E-state index in [9.17, 15) is 5.26 Å². The highest BCUT2D eigenvalue weighted by Crippen LogP contribution is 2.36. The number of hydrogen-bond donors (Lipinski definition) is 0. The van der Waals surface area contributed by atoms with Crippen LogP contribution in [0, 0.1) is 11.3 Å². The Hall–Kier alpha value is -2.10. The van der Waals surface area contributed by atoms with E-state index in [2.05, 4.69) is 11.2 Å². The van der Waals surface area contributed by atoms with Crippen LogP contribution in [0.1, 0.15) is 33.3 Å². The first-order chi connectivity index (χ1) is 10.3. The van der Waals surface area contributed by atoms with Crippen molar-refractivity contribution < 1.29 is 9.31 Å². The monoisotopic (exact) mass is 295 g/mol. The van der Waals surface area contributed by atoms with Crippen LogP contribution < -0.4 is 5.59 Å². The Balaban J connectivity index is 1.92. The zero-order valence-electron chi connectivity index (χ0n) is 13.2. The van der Waals surface area contributed by atoms with Crippen LogP contribution in [-0.2, 0) is 9.31 Å². The second kappa shape index (κ2) is 4.97. The summed E-state index contributed by atoms with van der Waals surface area (Å²) in [4.78, 5) is 0. The molecule has 0 aliphatic carbocycles. The number of nitrogens with zero attached hydrogens (tertiary/aromatic N) is 3. The van der Waals surface area contributed by atoms with Gasteiger partial charge in [0.2, 0.25) is 0 Å². The third kappa shape index (κ3) is 2.33. The molecule has 0 bridgehead atoms. The summed E-state index contributed by atoms with van der Waals surface area (Å²) in [5.74, 6) is 0. The van der Waals surface area contributed by atoms with Gasteiger partial charge < -0.3 is 9.31 Å². The number of hydrogen-bond acceptors (Lipinski definition) is 4. The van der Waals surface area contributed by atoms with Gasteiger partial charge in [-0.3, -0.25) is 0 Å². The number of benzene rings is 1. The predicted molar refractivity (Wildman–Crippen MR) is 84.0 cm³/mol. The van der Waals surface area contributed by atoms with E-state index in [1.807, 2.05) is 58.2 Å². The first-order valence-corrected chi connectivity index (χ1v) is 7.25. The third-order valence-corrected chi connectivity index (χ3v) is 4.38. The lowest BCUT2D eigenvalue weighted by Gasteiger charge is -2.32. The van der Waals surface area contributed by atoms with Crippen LogP contribution in [-0.4, -0.2) is 28.1 Å². The van der Waals surface area contributed by atoms with Crippen LogP contribution in [0.4, 0.5) is 0 Å². The zero-order chi connectivity index (χ0) is 16.0. The fraction of sp³-hybridized carbons (Fsp3) is 0.375. The van der Waals surface area contributed by atoms with Crippen molar-refractivity contribution in [2.75, 3.05) is 0 Å². The fourth-order valence-electron chi connectivity index (χ4n) is 2.33. The van der Waals surface area contributed by atoms with Crippen molar-refractivity contribution in [1.82, 2.24) is 9.78 Å². The summed E-state index contributed by atoms with van der Waals surface area (Å²) in [6.45, 7) is 8.04. The van der Waals surface area contributed by atoms with Crippen LogP contribution in [0.2, 0.25) is 0 Å². The molecule has 5 nitrogen and oxygen atoms in total. The molecular weight excluding hydrogens is 277 g/mol. The topological polar surface area (TPSA) is 60.1 Å². The molecule has 1 aliphatic heterocycles. The van der Waals surface area contributed by atoms with Gasteiger partial charge in [0, 0.05) is 6.20 Å². The molecule has 3 rings (SSSR count). The maximum atomic E-state index is 9.19. The highest BCUT2D eigenvalue weighted by molar-refractivity contribution is 6.61. The summed E-state index contributed by atoms with van der Waals surface area (Å²) in [6.07, 6.45) is 1.82. The molecule has 1 fully saturated rings. The molecule has 112 valence electrons. The van der Waals surface area contributed by atoms with E-state index in [0.717, 1.165) is 5.69 Å². The third-order valence-electron chi connectivity index (χ3n) is 4.38. The van der Waals surface area contributed by atoms with Crippen molar-refractivity contribution >= 4 is 12.7 Å². The van der Waals surface area contributed by atoms with Crippen LogP contribution in [0.25, 0.3) is 5.69 Å². The van der Waals surface area contributed by atoms with E-state index < -0.39 is 18.3 Å². The summed E-state index contributed by atoms with van der Waals surface area (Å²) in [5, 5.41) is 13.7. The lowest BCUT2D eigenvalue weighted by molar-refractivity contribution is 0.00578. The Morgan fingerprint density at radius 3 is 2.36 bits per heavy atom. The first kappa shape index (κ1) is 14.8. The maximum Gasteiger partial charge on any atom is 0.516 e. The van der Waals surface area contributed by atoms with Crippen molar-refractivity contribution in [2.24, 2.45) is 0 Å². The van der Waals surface area contributed by atoms with Crippen LogP contribution >= 0.6 is 0 Å². The molecule has 1 aromatic carbocycles. The molecule has 1 saturated heterocycles. The summed E-state index contributed by atoms with van der Waals surface area (Å²) >= 11 is 0. The lowest BCUT2D eigenvalue weighted by atomic mass is 9.85. The summed E-state index contributed by atoms with van der Waals surface area (Å²) in [6, 6.07) is 11.4. The number of para-hydroxylation sites is 1. The predicted octanol–water partition coefficient (Wildman–Crippen LogP) is 2.04. The first-order valence-electron chi connectivity index (χ1n) is 7.25. The molecule has 6 heteroatoms. The fourth-order valence-corrected chi connectivity index (χ4v) is 2.33. The SMILES string of the molecule is CC1(C)OB(c2ccn(-c3ccccc3C#N)n2)OC1(C)C. The molecule has 0 amide bonds. The highest BCUT2D eigenvalue weighted by atomic mass is 16.7. The molecule has 2 aromatic rings. The van der Waals surface area contributed by atoms with Gasteiger partial charge >= 0.3 is 7.12 Å². The van der Waals surface area contributed by atoms with E-state index >= 15 is 0 Å². The standard InChI is InChI=1S/C16H18BN3O2/c1-15(2)16(3,4)22-17(21-15)14-9-10-20(19-14)13-8-6-5-7-12(13)11-18/h5-10H,1-4H3. The largest absolute Gasteiger partial charge is 0.516 e. The molecule has 0 radical (unpaired) electrons. The Morgan fingerprint density at radius 1 is 1.09 bits per heavy atom. The van der Waals surface area contributed by atoms with Gasteiger partial charge in [-0.2, -0.15) is 10.4 Å². The average molecular weight is 295 g/mol. The van der Waals surface area contributed by atoms with E-state index in [-0.39, 0.29) is 0 Å². The normalized spacial score (nSPS) is 19.1. The number of aromatic nitrogens is 2. The lowest BCUT2D eigenvalue weighted by Crippen LogP contribution is -2.41. The van der Waals surface area contributed by atoms with Gasteiger partial charge in [-0.1, -0.05) is 12.1 Å². The summed E-state index contributed by atoms with van der Waals surface area (Å²) in [5.41, 5.74) is 1.23. The quantitative estimate of drug-likeness (QED) is 0.796. The van der Waals surface area contributed by atoms with E-state index in [1.54, 1.807) is 10.7 Å². The van der Waals surface area contributed by atoms with Crippen LogP contribution in [0.5, 0.6) is 0 Å². The van der Waals surface area contributed by atoms with Gasteiger partial charge in [-0.05, 0) is 45.9 Å². The molecule has 0 atom stereocenters. The minimum absolute atomic E-state index is 0.397. The van der Waals surface area contributed by atoms with Crippen molar-refractivity contribution in [1.29, 1.82) is 5.26 Å². The van der Waals surface area contributed by atoms with E-state index in [4.69, 9.17) is 9.31 Å². The second-order valence-electron chi connectivity index (χ2n) is 6.40. The molecule has 0 N–H and O–H groups in total. The van der Waals surface area contributed by atoms with Crippen molar-refractivity contribution in [3.8, 4) is 11.8 Å². The molecule has 0 unspecified atom stereocenters. The number of nitriles is 1. The van der Waals surface area contributed by atoms with Gasteiger partial charge in [-0.15, -0.1) is 0 Å². The maximum absolute atomic E-state index is 9.19. The van der Waals surface area contributed by atoms with Crippen molar-refractivity contribution in [2.45, 2.75) is 38.9 Å². The minimum Gasteiger partial charge on any atom is -0.398 e. The minimum atomic E-state index is -0.500. The Labute approximate surface area is 130 Å². The summed E-state index contributed by atoms with van der Waals surface area (Å²) < 4.78 is 13.7. The summed E-state index contributed by atoms with van der Waals surface area (Å²) in [7, 11) is -0.500. The molecule has 22 heavy (non-hydrogen) atoms. The molecule has 0 spiro atoms. The van der Waals surface area contributed by atoms with Gasteiger partial charge in [0.05, 0.1) is 28.0 Å². The Bertz CT molecular complexity index is 730. The second-order valence-corrected chi connectivity index (χ2v) is 6.40. The molecule has 0 saturated carbocycles. The van der Waals surface area contributed by atoms with Crippen molar-refractivity contribution in [3.63, 3.8) is 0 Å². The molecular formula is C16H18BN3O2. The van der Waals surface area contributed by atoms with Crippen molar-refractivity contribution in [3.05, 3.63) is 42.1 Å². The van der Waals surface area contributed by atoms with E-state index in [0.29, 0.717) is 11.2 Å². The van der Waals surface area contributed by atoms with Crippen LogP contribution in [0.15, 0.2) is 36.5 Å². The molecule has 2 heterocycles. The van der Waals surface area contributed by atoms with Gasteiger partial charge in [-0.25, -0.2) is 4.68 Å². The van der Waals surface area contributed by atoms with Gasteiger partial charge in [0.1, 0.15) is 6.07 Å². The highest BCUT2D eigenvalue weighted by Gasteiger charge is 2.52. The van der Waals surface area contributed by atoms with Crippen LogP contribution in [0.3, 0.4) is 0 Å². The Kier molecular flexibility index (Phi) is 3.35. The smallest absolute Gasteiger partial charge is 0.398 e. The average Bonchev–Trinajstić information content (AvgIpc) is 3.02. The van der Waals surface area contributed by atoms with Gasteiger partial charge in [0.15, 0.2) is 0 Å². The molecule has 1 aromatic heterocycles. The number of rotatable bonds is 2. The molecule has 1 aliphatic rings. The zero-order valence-corrected chi connectivity index (χ0v) is 13.2. The van der Waals surface area contributed by atoms with Gasteiger partial charge in [0.25, 0.3) is 0 Å². The van der Waals surface area contributed by atoms with E-state index in [1.165, 1.54) is 0 Å².